The first-order valence-electron chi connectivity index (χ1n) is 9.59. The molecule has 0 saturated heterocycles. The van der Waals surface area contributed by atoms with E-state index >= 15 is 0 Å². The number of nitrogens with zero attached hydrogens (tertiary/aromatic N) is 1. The molecular weight excluding hydrogens is 490 g/mol. The number of ether oxygens (including phenoxy) is 1. The maximum atomic E-state index is 13.1. The lowest BCUT2D eigenvalue weighted by Gasteiger charge is -2.23. The predicted octanol–water partition coefficient (Wildman–Crippen LogP) is 5.39. The number of carbonyl (C=O) groups excluding carboxylic acids is 1. The van der Waals surface area contributed by atoms with Crippen LogP contribution in [0.1, 0.15) is 36.0 Å². The zero-order chi connectivity index (χ0) is 24.7. The Bertz CT molecular complexity index is 1380. The molecule has 0 aliphatic rings. The van der Waals surface area contributed by atoms with Crippen molar-refractivity contribution in [1.82, 2.24) is 0 Å². The molecule has 2 N–H and O–H groups in total. The van der Waals surface area contributed by atoms with Crippen LogP contribution in [-0.4, -0.2) is 32.6 Å². The SMILES string of the molecule is COc1c(NC(=O)c2cc3c(Cl)ccc([N+](=O)[O-])c3s2)cc(C(C)(C)C)cc1NS(C)(=O)=O. The summed E-state index contributed by atoms with van der Waals surface area (Å²) in [4.78, 5) is 24.1. The Kier molecular flexibility index (Phi) is 6.60. The molecule has 9 nitrogen and oxygen atoms in total. The van der Waals surface area contributed by atoms with Crippen molar-refractivity contribution in [3.05, 3.63) is 55.9 Å². The molecule has 0 aliphatic carbocycles. The zero-order valence-electron chi connectivity index (χ0n) is 18.5. The van der Waals surface area contributed by atoms with Crippen LogP contribution in [0.5, 0.6) is 5.75 Å². The molecule has 0 spiro atoms. The lowest BCUT2D eigenvalue weighted by Crippen LogP contribution is -2.18. The van der Waals surface area contributed by atoms with Gasteiger partial charge in [0.05, 0.1) is 34.5 Å². The van der Waals surface area contributed by atoms with E-state index in [4.69, 9.17) is 16.3 Å². The number of methoxy groups -OCH3 is 1. The van der Waals surface area contributed by atoms with E-state index in [9.17, 15) is 23.3 Å². The fourth-order valence-corrected chi connectivity index (χ4v) is 5.05. The van der Waals surface area contributed by atoms with E-state index in [0.717, 1.165) is 23.2 Å². The van der Waals surface area contributed by atoms with Gasteiger partial charge in [-0.15, -0.1) is 11.3 Å². The minimum Gasteiger partial charge on any atom is -0.492 e. The first kappa shape index (κ1) is 24.7. The molecule has 3 rings (SSSR count). The third-order valence-corrected chi connectivity index (χ3v) is 6.81. The molecule has 0 aliphatic heterocycles. The van der Waals surface area contributed by atoms with Crippen LogP contribution in [0.25, 0.3) is 10.1 Å². The van der Waals surface area contributed by atoms with Crippen LogP contribution in [0.4, 0.5) is 17.1 Å². The van der Waals surface area contributed by atoms with Crippen LogP contribution in [-0.2, 0) is 15.4 Å². The first-order chi connectivity index (χ1) is 15.2. The van der Waals surface area contributed by atoms with Gasteiger partial charge in [-0.1, -0.05) is 32.4 Å². The highest BCUT2D eigenvalue weighted by Gasteiger charge is 2.24. The Morgan fingerprint density at radius 2 is 1.82 bits per heavy atom. The molecule has 0 unspecified atom stereocenters. The van der Waals surface area contributed by atoms with Gasteiger partial charge in [0.1, 0.15) is 4.70 Å². The van der Waals surface area contributed by atoms with Gasteiger partial charge in [0, 0.05) is 16.5 Å². The van der Waals surface area contributed by atoms with Crippen LogP contribution in [0.15, 0.2) is 30.3 Å². The highest BCUT2D eigenvalue weighted by molar-refractivity contribution is 7.92. The maximum absolute atomic E-state index is 13.1. The summed E-state index contributed by atoms with van der Waals surface area (Å²) in [5.74, 6) is -0.414. The van der Waals surface area contributed by atoms with E-state index in [1.165, 1.54) is 25.3 Å². The molecule has 0 atom stereocenters. The van der Waals surface area contributed by atoms with Crippen molar-refractivity contribution in [1.29, 1.82) is 0 Å². The highest BCUT2D eigenvalue weighted by atomic mass is 35.5. The van der Waals surface area contributed by atoms with Crippen molar-refractivity contribution >= 4 is 66.0 Å². The number of anilines is 2. The quantitative estimate of drug-likeness (QED) is 0.337. The second kappa shape index (κ2) is 8.81. The highest BCUT2D eigenvalue weighted by Crippen LogP contribution is 2.41. The Hall–Kier alpha value is -2.89. The average Bonchev–Trinajstić information content (AvgIpc) is 3.12. The first-order valence-corrected chi connectivity index (χ1v) is 12.7. The summed E-state index contributed by atoms with van der Waals surface area (Å²) in [5.41, 5.74) is 0.660. The molecule has 1 heterocycles. The number of nitrogens with one attached hydrogen (secondary N) is 2. The van der Waals surface area contributed by atoms with Gasteiger partial charge in [-0.25, -0.2) is 8.42 Å². The number of non-ortho nitro benzene ring substituents is 1. The molecule has 176 valence electrons. The monoisotopic (exact) mass is 511 g/mol. The normalized spacial score (nSPS) is 11.9. The van der Waals surface area contributed by atoms with Gasteiger partial charge in [-0.05, 0) is 35.2 Å². The van der Waals surface area contributed by atoms with Crippen LogP contribution in [0.2, 0.25) is 5.02 Å². The third-order valence-electron chi connectivity index (χ3n) is 4.73. The Balaban J connectivity index is 2.11. The molecule has 3 aromatic rings. The number of hydrogen-bond donors (Lipinski definition) is 2. The smallest absolute Gasteiger partial charge is 0.287 e. The number of carbonyl (C=O) groups is 1. The molecule has 2 aromatic carbocycles. The largest absolute Gasteiger partial charge is 0.492 e. The standard InChI is InChI=1S/C21H22ClN3O6S2/c1-21(2,3)11-8-14(18(31-4)15(9-11)24-33(5,29)30)23-20(26)17-10-12-13(22)6-7-16(25(27)28)19(12)32-17/h6-10,24H,1-5H3,(H,23,26). The number of rotatable bonds is 6. The number of fused-ring (bicyclic) bond motifs is 1. The second-order valence-electron chi connectivity index (χ2n) is 8.36. The van der Waals surface area contributed by atoms with Gasteiger partial charge in [0.25, 0.3) is 11.6 Å². The number of nitro benzene ring substituents is 1. The summed E-state index contributed by atoms with van der Waals surface area (Å²) in [6.07, 6.45) is 1.02. The zero-order valence-corrected chi connectivity index (χ0v) is 20.9. The van der Waals surface area contributed by atoms with Gasteiger partial charge < -0.3 is 10.1 Å². The molecule has 12 heteroatoms. The lowest BCUT2D eigenvalue weighted by molar-refractivity contribution is -0.382. The second-order valence-corrected chi connectivity index (χ2v) is 11.6. The van der Waals surface area contributed by atoms with E-state index in [1.807, 2.05) is 20.8 Å². The molecular formula is C21H22ClN3O6S2. The van der Waals surface area contributed by atoms with Crippen molar-refractivity contribution in [2.45, 2.75) is 26.2 Å². The predicted molar refractivity (Wildman–Crippen MR) is 132 cm³/mol. The van der Waals surface area contributed by atoms with Crippen LogP contribution < -0.4 is 14.8 Å². The van der Waals surface area contributed by atoms with Gasteiger partial charge in [-0.2, -0.15) is 0 Å². The summed E-state index contributed by atoms with van der Waals surface area (Å²) in [6, 6.07) is 7.54. The summed E-state index contributed by atoms with van der Waals surface area (Å²) in [6.45, 7) is 5.83. The molecule has 1 amide bonds. The number of nitro groups is 1. The minimum atomic E-state index is -3.62. The summed E-state index contributed by atoms with van der Waals surface area (Å²) < 4.78 is 31.9. The van der Waals surface area contributed by atoms with E-state index in [-0.39, 0.29) is 42.8 Å². The minimum absolute atomic E-state index is 0.131. The molecule has 1 aromatic heterocycles. The fourth-order valence-electron chi connectivity index (χ4n) is 3.17. The summed E-state index contributed by atoms with van der Waals surface area (Å²) in [5, 5.41) is 14.8. The third kappa shape index (κ3) is 5.37. The number of thiophene rings is 1. The van der Waals surface area contributed by atoms with Crippen LogP contribution >= 0.6 is 22.9 Å². The van der Waals surface area contributed by atoms with Crippen molar-refractivity contribution < 1.29 is 22.9 Å². The fraction of sp³-hybridized carbons (Fsp3) is 0.286. The van der Waals surface area contributed by atoms with E-state index < -0.39 is 20.9 Å². The Labute approximate surface area is 199 Å². The molecule has 0 fully saturated rings. The topological polar surface area (TPSA) is 128 Å². The van der Waals surface area contributed by atoms with Crippen molar-refractivity contribution in [2.24, 2.45) is 0 Å². The van der Waals surface area contributed by atoms with Crippen LogP contribution in [0, 0.1) is 10.1 Å². The maximum Gasteiger partial charge on any atom is 0.287 e. The van der Waals surface area contributed by atoms with Crippen molar-refractivity contribution in [3.8, 4) is 5.75 Å². The van der Waals surface area contributed by atoms with E-state index in [0.29, 0.717) is 5.39 Å². The van der Waals surface area contributed by atoms with Gasteiger partial charge in [0.15, 0.2) is 5.75 Å². The Morgan fingerprint density at radius 3 is 2.36 bits per heavy atom. The molecule has 0 bridgehead atoms. The number of benzene rings is 2. The number of hydrogen-bond acceptors (Lipinski definition) is 7. The van der Waals surface area contributed by atoms with Crippen molar-refractivity contribution in [2.75, 3.05) is 23.4 Å². The van der Waals surface area contributed by atoms with Gasteiger partial charge in [0.2, 0.25) is 10.0 Å². The summed E-state index contributed by atoms with van der Waals surface area (Å²) >= 11 is 7.12. The summed E-state index contributed by atoms with van der Waals surface area (Å²) in [7, 11) is -2.26. The van der Waals surface area contributed by atoms with E-state index in [1.54, 1.807) is 12.1 Å². The molecule has 0 radical (unpaired) electrons. The van der Waals surface area contributed by atoms with Gasteiger partial charge in [-0.3, -0.25) is 19.6 Å². The molecule has 0 saturated carbocycles. The number of sulfonamides is 1. The van der Waals surface area contributed by atoms with Crippen LogP contribution in [0.3, 0.4) is 0 Å². The number of halogens is 1. The van der Waals surface area contributed by atoms with E-state index in [2.05, 4.69) is 10.0 Å². The lowest BCUT2D eigenvalue weighted by atomic mass is 9.86. The average molecular weight is 512 g/mol. The Morgan fingerprint density at radius 1 is 1.18 bits per heavy atom. The molecule has 33 heavy (non-hydrogen) atoms. The van der Waals surface area contributed by atoms with Gasteiger partial charge >= 0.3 is 0 Å². The number of amides is 1. The van der Waals surface area contributed by atoms with Crippen molar-refractivity contribution in [3.63, 3.8) is 0 Å².